The lowest BCUT2D eigenvalue weighted by Gasteiger charge is -2.15. The van der Waals surface area contributed by atoms with Crippen LogP contribution in [0.15, 0.2) is 0 Å². The van der Waals surface area contributed by atoms with E-state index in [2.05, 4.69) is 26.0 Å². The molecule has 0 heterocycles. The molecule has 0 aromatic carbocycles. The van der Waals surface area contributed by atoms with E-state index in [-0.39, 0.29) is 12.6 Å². The van der Waals surface area contributed by atoms with Gasteiger partial charge in [-0.2, -0.15) is 13.2 Å². The summed E-state index contributed by atoms with van der Waals surface area (Å²) in [4.78, 5) is 0.399. The summed E-state index contributed by atoms with van der Waals surface area (Å²) in [6.45, 7) is 3.37. The smallest absolute Gasteiger partial charge is 0.371 e. The Morgan fingerprint density at radius 2 is 1.93 bits per heavy atom. The average molecular weight is 292 g/mol. The third-order valence-corrected chi connectivity index (χ3v) is 2.06. The molecule has 6 heteroatoms. The quantitative estimate of drug-likeness (QED) is 0.575. The molecule has 0 amide bonds. The Bertz CT molecular complexity index is 164. The highest BCUT2D eigenvalue weighted by molar-refractivity contribution is 9.09. The highest BCUT2D eigenvalue weighted by Gasteiger charge is 2.27. The Kier molecular flexibility index (Phi) is 7.56. The lowest BCUT2D eigenvalue weighted by Crippen LogP contribution is -2.31. The lowest BCUT2D eigenvalue weighted by atomic mass is 10.2. The van der Waals surface area contributed by atoms with E-state index in [0.717, 1.165) is 6.42 Å². The van der Waals surface area contributed by atoms with Crippen LogP contribution >= 0.6 is 15.9 Å². The summed E-state index contributed by atoms with van der Waals surface area (Å²) < 4.78 is 39.4. The van der Waals surface area contributed by atoms with Crippen molar-refractivity contribution in [3.8, 4) is 0 Å². The van der Waals surface area contributed by atoms with Crippen LogP contribution in [0.5, 0.6) is 0 Å². The number of rotatable bonds is 7. The molecule has 0 aliphatic rings. The maximum Gasteiger partial charge on any atom is 0.411 e. The molecule has 92 valence electrons. The van der Waals surface area contributed by atoms with Crippen molar-refractivity contribution in [2.24, 2.45) is 0 Å². The second-order valence-corrected chi connectivity index (χ2v) is 5.10. The summed E-state index contributed by atoms with van der Waals surface area (Å²) in [6, 6.07) is 0.272. The molecule has 2 nitrogen and oxygen atoms in total. The summed E-state index contributed by atoms with van der Waals surface area (Å²) in [5.41, 5.74) is 0. The molecule has 2 atom stereocenters. The van der Waals surface area contributed by atoms with Crippen LogP contribution in [0.25, 0.3) is 0 Å². The van der Waals surface area contributed by atoms with Gasteiger partial charge in [-0.25, -0.2) is 0 Å². The van der Waals surface area contributed by atoms with Crippen LogP contribution in [-0.2, 0) is 4.74 Å². The van der Waals surface area contributed by atoms with E-state index in [1.165, 1.54) is 0 Å². The summed E-state index contributed by atoms with van der Waals surface area (Å²) >= 11 is 3.40. The van der Waals surface area contributed by atoms with Gasteiger partial charge >= 0.3 is 6.18 Å². The molecule has 2 unspecified atom stereocenters. The standard InChI is InChI=1S/C9H17BrF3NO/c1-7(10)5-8(2)14-3-4-15-6-9(11,12)13/h7-8,14H,3-6H2,1-2H3. The third-order valence-electron chi connectivity index (χ3n) is 1.68. The SMILES string of the molecule is CC(Br)CC(C)NCCOCC(F)(F)F. The van der Waals surface area contributed by atoms with Gasteiger partial charge in [-0.3, -0.25) is 0 Å². The second-order valence-electron chi connectivity index (χ2n) is 3.54. The normalized spacial score (nSPS) is 16.4. The van der Waals surface area contributed by atoms with Crippen molar-refractivity contribution in [3.63, 3.8) is 0 Å². The molecule has 0 saturated carbocycles. The van der Waals surface area contributed by atoms with Crippen LogP contribution < -0.4 is 5.32 Å². The van der Waals surface area contributed by atoms with Crippen molar-refractivity contribution in [1.29, 1.82) is 0 Å². The minimum atomic E-state index is -4.23. The molecule has 0 aliphatic carbocycles. The summed E-state index contributed by atoms with van der Waals surface area (Å²) in [5, 5.41) is 3.08. The van der Waals surface area contributed by atoms with E-state index < -0.39 is 12.8 Å². The number of halogens is 4. The van der Waals surface area contributed by atoms with Gasteiger partial charge in [-0.15, -0.1) is 0 Å². The molecule has 0 fully saturated rings. The largest absolute Gasteiger partial charge is 0.411 e. The Morgan fingerprint density at radius 3 is 2.40 bits per heavy atom. The van der Waals surface area contributed by atoms with Gasteiger partial charge in [0.05, 0.1) is 6.61 Å². The minimum absolute atomic E-state index is 0.0838. The molecule has 0 radical (unpaired) electrons. The number of hydrogen-bond acceptors (Lipinski definition) is 2. The molecule has 0 aromatic rings. The maximum absolute atomic E-state index is 11.7. The molecule has 0 spiro atoms. The van der Waals surface area contributed by atoms with Gasteiger partial charge in [-0.05, 0) is 13.3 Å². The zero-order chi connectivity index (χ0) is 11.9. The van der Waals surface area contributed by atoms with Gasteiger partial charge in [0.25, 0.3) is 0 Å². The fraction of sp³-hybridized carbons (Fsp3) is 1.00. The van der Waals surface area contributed by atoms with Gasteiger partial charge in [0, 0.05) is 17.4 Å². The van der Waals surface area contributed by atoms with E-state index in [1.807, 2.05) is 13.8 Å². The van der Waals surface area contributed by atoms with Crippen molar-refractivity contribution in [2.45, 2.75) is 37.3 Å². The van der Waals surface area contributed by atoms with Crippen molar-refractivity contribution in [2.75, 3.05) is 19.8 Å². The van der Waals surface area contributed by atoms with Crippen LogP contribution in [0.3, 0.4) is 0 Å². The van der Waals surface area contributed by atoms with Crippen LogP contribution in [-0.4, -0.2) is 36.8 Å². The van der Waals surface area contributed by atoms with Crippen molar-refractivity contribution in [3.05, 3.63) is 0 Å². The maximum atomic E-state index is 11.7. The molecule has 0 rings (SSSR count). The van der Waals surface area contributed by atoms with Crippen LogP contribution in [0, 0.1) is 0 Å². The second kappa shape index (κ2) is 7.46. The van der Waals surface area contributed by atoms with Crippen molar-refractivity contribution >= 4 is 15.9 Å². The molecule has 0 saturated heterocycles. The molecule has 15 heavy (non-hydrogen) atoms. The number of hydrogen-bond donors (Lipinski definition) is 1. The molecule has 0 aliphatic heterocycles. The van der Waals surface area contributed by atoms with E-state index in [0.29, 0.717) is 11.4 Å². The highest BCUT2D eigenvalue weighted by atomic mass is 79.9. The summed E-state index contributed by atoms with van der Waals surface area (Å²) in [5.74, 6) is 0. The predicted octanol–water partition coefficient (Wildman–Crippen LogP) is 2.72. The van der Waals surface area contributed by atoms with Gasteiger partial charge in [-0.1, -0.05) is 22.9 Å². The first-order valence-corrected chi connectivity index (χ1v) is 5.75. The third kappa shape index (κ3) is 12.1. The molecule has 0 aromatic heterocycles. The molecule has 1 N–H and O–H groups in total. The van der Waals surface area contributed by atoms with Gasteiger partial charge in [0.2, 0.25) is 0 Å². The summed E-state index contributed by atoms with van der Waals surface area (Å²) in [7, 11) is 0. The number of alkyl halides is 4. The van der Waals surface area contributed by atoms with Crippen molar-refractivity contribution in [1.82, 2.24) is 5.32 Å². The van der Waals surface area contributed by atoms with Gasteiger partial charge < -0.3 is 10.1 Å². The first kappa shape index (κ1) is 15.2. The monoisotopic (exact) mass is 291 g/mol. The van der Waals surface area contributed by atoms with E-state index in [4.69, 9.17) is 0 Å². The van der Waals surface area contributed by atoms with E-state index in [9.17, 15) is 13.2 Å². The van der Waals surface area contributed by atoms with Crippen LogP contribution in [0.4, 0.5) is 13.2 Å². The van der Waals surface area contributed by atoms with E-state index in [1.54, 1.807) is 0 Å². The summed E-state index contributed by atoms with van der Waals surface area (Å²) in [6.07, 6.45) is -3.30. The predicted molar refractivity (Wildman–Crippen MR) is 57.3 cm³/mol. The number of nitrogens with one attached hydrogen (secondary N) is 1. The zero-order valence-electron chi connectivity index (χ0n) is 8.90. The Morgan fingerprint density at radius 1 is 1.33 bits per heavy atom. The topological polar surface area (TPSA) is 21.3 Å². The Hall–Kier alpha value is 0.190. The zero-order valence-corrected chi connectivity index (χ0v) is 10.5. The van der Waals surface area contributed by atoms with E-state index >= 15 is 0 Å². The molecular formula is C9H17BrF3NO. The molecular weight excluding hydrogens is 275 g/mol. The first-order chi connectivity index (χ1) is 6.81. The fourth-order valence-corrected chi connectivity index (χ4v) is 1.70. The van der Waals surface area contributed by atoms with Crippen molar-refractivity contribution < 1.29 is 17.9 Å². The van der Waals surface area contributed by atoms with Gasteiger partial charge in [0.1, 0.15) is 6.61 Å². The van der Waals surface area contributed by atoms with Crippen LogP contribution in [0.2, 0.25) is 0 Å². The lowest BCUT2D eigenvalue weighted by molar-refractivity contribution is -0.173. The fourth-order valence-electron chi connectivity index (χ4n) is 1.14. The Labute approximate surface area is 96.7 Å². The van der Waals surface area contributed by atoms with Crippen LogP contribution in [0.1, 0.15) is 20.3 Å². The first-order valence-electron chi connectivity index (χ1n) is 4.83. The van der Waals surface area contributed by atoms with Gasteiger partial charge in [0.15, 0.2) is 0 Å². The number of ether oxygens (including phenoxy) is 1. The molecule has 0 bridgehead atoms. The Balaban J connectivity index is 3.31. The average Bonchev–Trinajstić information content (AvgIpc) is 1.99. The highest BCUT2D eigenvalue weighted by Crippen LogP contribution is 2.14. The minimum Gasteiger partial charge on any atom is -0.371 e.